The van der Waals surface area contributed by atoms with Gasteiger partial charge in [-0.05, 0) is 30.7 Å². The highest BCUT2D eigenvalue weighted by atomic mass is 32.2. The lowest BCUT2D eigenvalue weighted by atomic mass is 10.2. The maximum Gasteiger partial charge on any atom is 0.265 e. The number of primary amides is 1. The average molecular weight is 324 g/mol. The third-order valence-electron chi connectivity index (χ3n) is 2.66. The predicted octanol–water partition coefficient (Wildman–Crippen LogP) is 0.271. The zero-order valence-corrected chi connectivity index (χ0v) is 12.7. The van der Waals surface area contributed by atoms with E-state index in [9.17, 15) is 23.2 Å². The minimum absolute atomic E-state index is 0.0511. The van der Waals surface area contributed by atoms with Crippen LogP contribution in [-0.2, 0) is 19.6 Å². The molecule has 1 atom stereocenters. The lowest BCUT2D eigenvalue weighted by molar-refractivity contribution is -0.137. The Bertz CT molecular complexity index is 701. The van der Waals surface area contributed by atoms with E-state index >= 15 is 0 Å². The molecular weight excluding hydrogens is 308 g/mol. The number of hydrogen-bond acceptors (Lipinski definition) is 5. The SMILES string of the molecule is CCCC#Cc1ccc(S(=O)(=O)N(O)[C@@H](C=O)C(N)=O)cc1. The standard InChI is InChI=1S/C14H16N2O5S/c1-2-3-4-5-11-6-8-12(9-7-11)22(20,21)16(19)13(10-17)14(15)18/h6-10,13,19H,2-3H2,1H3,(H2,15,18)/t13-/m0/s1. The van der Waals surface area contributed by atoms with E-state index in [1.54, 1.807) is 0 Å². The van der Waals surface area contributed by atoms with Gasteiger partial charge in [-0.15, -0.1) is 0 Å². The number of unbranched alkanes of at least 4 members (excludes halogenated alkanes) is 1. The van der Waals surface area contributed by atoms with E-state index < -0.39 is 22.0 Å². The Morgan fingerprint density at radius 2 is 2.00 bits per heavy atom. The van der Waals surface area contributed by atoms with E-state index in [1.807, 2.05) is 6.92 Å². The van der Waals surface area contributed by atoms with Gasteiger partial charge in [0.2, 0.25) is 5.91 Å². The zero-order chi connectivity index (χ0) is 16.8. The average Bonchev–Trinajstić information content (AvgIpc) is 2.48. The summed E-state index contributed by atoms with van der Waals surface area (Å²) >= 11 is 0. The van der Waals surface area contributed by atoms with Crippen molar-refractivity contribution in [1.82, 2.24) is 4.47 Å². The second-order valence-corrected chi connectivity index (χ2v) is 6.13. The molecule has 1 aromatic carbocycles. The molecule has 1 aromatic rings. The van der Waals surface area contributed by atoms with Crippen LogP contribution >= 0.6 is 0 Å². The van der Waals surface area contributed by atoms with E-state index in [4.69, 9.17) is 5.73 Å². The second-order valence-electron chi connectivity index (χ2n) is 4.34. The molecule has 0 spiro atoms. The summed E-state index contributed by atoms with van der Waals surface area (Å²) in [6.45, 7) is 1.99. The molecule has 0 aliphatic heterocycles. The third-order valence-corrected chi connectivity index (χ3v) is 4.25. The minimum atomic E-state index is -4.43. The van der Waals surface area contributed by atoms with Gasteiger partial charge in [0.1, 0.15) is 6.29 Å². The number of hydrogen-bond donors (Lipinski definition) is 2. The second kappa shape index (κ2) is 7.70. The van der Waals surface area contributed by atoms with Gasteiger partial charge >= 0.3 is 0 Å². The molecule has 8 heteroatoms. The number of sulfonamides is 1. The van der Waals surface area contributed by atoms with Gasteiger partial charge in [0.05, 0.1) is 4.90 Å². The topological polar surface area (TPSA) is 118 Å². The first-order chi connectivity index (χ1) is 10.3. The number of carbonyl (C=O) groups is 2. The molecule has 0 bridgehead atoms. The van der Waals surface area contributed by atoms with Crippen LogP contribution < -0.4 is 5.73 Å². The summed E-state index contributed by atoms with van der Waals surface area (Å²) in [5.41, 5.74) is 5.47. The molecule has 0 fully saturated rings. The van der Waals surface area contributed by atoms with Crippen LogP contribution in [0.25, 0.3) is 0 Å². The van der Waals surface area contributed by atoms with Crippen LogP contribution in [0.3, 0.4) is 0 Å². The van der Waals surface area contributed by atoms with Crippen molar-refractivity contribution >= 4 is 22.2 Å². The first kappa shape index (κ1) is 17.8. The molecule has 0 aromatic heterocycles. The molecular formula is C14H16N2O5S. The molecule has 0 radical (unpaired) electrons. The van der Waals surface area contributed by atoms with Crippen LogP contribution in [0.1, 0.15) is 25.3 Å². The molecule has 1 amide bonds. The maximum absolute atomic E-state index is 12.1. The molecule has 7 nitrogen and oxygen atoms in total. The quantitative estimate of drug-likeness (QED) is 0.337. The van der Waals surface area contributed by atoms with Crippen LogP contribution in [0.5, 0.6) is 0 Å². The summed E-state index contributed by atoms with van der Waals surface area (Å²) in [6.07, 6.45) is 1.59. The van der Waals surface area contributed by atoms with Gasteiger partial charge in [-0.2, -0.15) is 0 Å². The predicted molar refractivity (Wildman–Crippen MR) is 78.1 cm³/mol. The van der Waals surface area contributed by atoms with Crippen molar-refractivity contribution in [2.45, 2.75) is 30.7 Å². The molecule has 0 saturated heterocycles. The molecule has 0 saturated carbocycles. The highest BCUT2D eigenvalue weighted by Gasteiger charge is 2.33. The summed E-state index contributed by atoms with van der Waals surface area (Å²) in [5, 5.41) is 9.59. The maximum atomic E-state index is 12.1. The van der Waals surface area contributed by atoms with Crippen molar-refractivity contribution in [2.75, 3.05) is 0 Å². The van der Waals surface area contributed by atoms with Gasteiger partial charge in [0.15, 0.2) is 6.04 Å². The van der Waals surface area contributed by atoms with Gasteiger partial charge in [0.25, 0.3) is 10.0 Å². The van der Waals surface area contributed by atoms with Crippen molar-refractivity contribution in [3.8, 4) is 11.8 Å². The summed E-state index contributed by atoms with van der Waals surface area (Å²) < 4.78 is 23.8. The number of nitrogens with two attached hydrogens (primary N) is 1. The molecule has 22 heavy (non-hydrogen) atoms. The highest BCUT2D eigenvalue weighted by Crippen LogP contribution is 2.16. The normalized spacial score (nSPS) is 12.3. The first-order valence-electron chi connectivity index (χ1n) is 6.41. The van der Waals surface area contributed by atoms with E-state index in [-0.39, 0.29) is 15.7 Å². The summed E-state index contributed by atoms with van der Waals surface area (Å²) in [7, 11) is -4.43. The van der Waals surface area contributed by atoms with Gasteiger partial charge in [-0.3, -0.25) is 10.0 Å². The number of carbonyl (C=O) groups excluding carboxylic acids is 2. The number of rotatable bonds is 6. The highest BCUT2D eigenvalue weighted by molar-refractivity contribution is 7.89. The van der Waals surface area contributed by atoms with Crippen LogP contribution in [-0.4, -0.2) is 36.3 Å². The Kier molecular flexibility index (Phi) is 6.24. The van der Waals surface area contributed by atoms with Gasteiger partial charge in [0, 0.05) is 12.0 Å². The van der Waals surface area contributed by atoms with Crippen LogP contribution in [0.15, 0.2) is 29.2 Å². The van der Waals surface area contributed by atoms with Gasteiger partial charge in [-0.1, -0.05) is 23.2 Å². The van der Waals surface area contributed by atoms with E-state index in [0.717, 1.165) is 12.8 Å². The van der Waals surface area contributed by atoms with Crippen molar-refractivity contribution in [3.05, 3.63) is 29.8 Å². The summed E-state index contributed by atoms with van der Waals surface area (Å²) in [5.74, 6) is 4.49. The number of nitrogens with zero attached hydrogens (tertiary/aromatic N) is 1. The number of benzene rings is 1. The smallest absolute Gasteiger partial charge is 0.265 e. The largest absolute Gasteiger partial charge is 0.368 e. The molecule has 3 N–H and O–H groups in total. The number of amides is 1. The number of hydroxylamine groups is 1. The van der Waals surface area contributed by atoms with Crippen molar-refractivity contribution in [1.29, 1.82) is 0 Å². The molecule has 118 valence electrons. The minimum Gasteiger partial charge on any atom is -0.368 e. The Morgan fingerprint density at radius 3 is 2.45 bits per heavy atom. The Morgan fingerprint density at radius 1 is 1.41 bits per heavy atom. The monoisotopic (exact) mass is 324 g/mol. The molecule has 0 unspecified atom stereocenters. The van der Waals surface area contributed by atoms with E-state index in [1.165, 1.54) is 24.3 Å². The Balaban J connectivity index is 3.06. The lowest BCUT2D eigenvalue weighted by Gasteiger charge is -2.18. The van der Waals surface area contributed by atoms with Gasteiger partial charge < -0.3 is 10.5 Å². The first-order valence-corrected chi connectivity index (χ1v) is 7.85. The molecule has 0 heterocycles. The number of aldehydes is 1. The summed E-state index contributed by atoms with van der Waals surface area (Å²) in [6, 6.07) is 3.39. The lowest BCUT2D eigenvalue weighted by Crippen LogP contribution is -2.47. The molecule has 0 aliphatic carbocycles. The fourth-order valence-electron chi connectivity index (χ4n) is 1.49. The van der Waals surface area contributed by atoms with Crippen LogP contribution in [0.4, 0.5) is 0 Å². The van der Waals surface area contributed by atoms with Crippen molar-refractivity contribution < 1.29 is 23.2 Å². The van der Waals surface area contributed by atoms with E-state index in [0.29, 0.717) is 5.56 Å². The van der Waals surface area contributed by atoms with Crippen molar-refractivity contribution in [3.63, 3.8) is 0 Å². The third kappa shape index (κ3) is 4.14. The molecule has 1 rings (SSSR count). The van der Waals surface area contributed by atoms with Gasteiger partial charge in [-0.25, -0.2) is 8.42 Å². The fourth-order valence-corrected chi connectivity index (χ4v) is 2.63. The fraction of sp³-hybridized carbons (Fsp3) is 0.286. The Labute approximate surface area is 128 Å². The van der Waals surface area contributed by atoms with Crippen LogP contribution in [0.2, 0.25) is 0 Å². The van der Waals surface area contributed by atoms with Crippen LogP contribution in [0, 0.1) is 11.8 Å². The Hall–Kier alpha value is -2.21. The molecule has 0 aliphatic rings. The van der Waals surface area contributed by atoms with Crippen molar-refractivity contribution in [2.24, 2.45) is 5.73 Å². The zero-order valence-electron chi connectivity index (χ0n) is 11.9. The van der Waals surface area contributed by atoms with E-state index in [2.05, 4.69) is 11.8 Å². The summed E-state index contributed by atoms with van der Waals surface area (Å²) in [4.78, 5) is 21.4.